The molecule has 5 unspecified atom stereocenters. The molecule has 5 saturated carbocycles. The fourth-order valence-corrected chi connectivity index (χ4v) is 12.6. The minimum Gasteiger partial charge on any atom is -0.854 e. The second-order valence-electron chi connectivity index (χ2n) is 16.6. The first-order valence-electron chi connectivity index (χ1n) is 16.7. The molecule has 10 atom stereocenters. The summed E-state index contributed by atoms with van der Waals surface area (Å²) < 4.78 is 8.18. The van der Waals surface area contributed by atoms with Crippen molar-refractivity contribution in [2.24, 2.45) is 56.7 Å². The number of allylic oxidation sites excluding steroid dienone is 1. The van der Waals surface area contributed by atoms with Crippen LogP contribution in [0.2, 0.25) is 0 Å². The smallest absolute Gasteiger partial charge is 0.372 e. The van der Waals surface area contributed by atoms with Gasteiger partial charge in [0.1, 0.15) is 6.10 Å². The number of fused-ring (bicyclic) bond motifs is 7. The molecule has 0 spiro atoms. The number of ether oxygens (including phenoxy) is 1. The van der Waals surface area contributed by atoms with Crippen molar-refractivity contribution in [2.45, 2.75) is 118 Å². The minimum atomic E-state index is -0.121. The van der Waals surface area contributed by atoms with Crippen molar-refractivity contribution in [3.63, 3.8) is 0 Å². The summed E-state index contributed by atoms with van der Waals surface area (Å²) in [5.41, 5.74) is 2.06. The fourth-order valence-electron chi connectivity index (χ4n) is 12.6. The molecule has 0 radical (unpaired) electrons. The molecular weight excluding hydrogens is 506 g/mol. The van der Waals surface area contributed by atoms with Crippen LogP contribution in [0.1, 0.15) is 106 Å². The van der Waals surface area contributed by atoms with Gasteiger partial charge in [0, 0.05) is 17.5 Å². The number of aromatic nitrogens is 1. The molecule has 4 heteroatoms. The summed E-state index contributed by atoms with van der Waals surface area (Å²) in [7, 11) is 0. The van der Waals surface area contributed by atoms with Crippen LogP contribution in [-0.2, 0) is 16.1 Å². The molecule has 5 aliphatic carbocycles. The zero-order chi connectivity index (χ0) is 29.4. The lowest BCUT2D eigenvalue weighted by Crippen LogP contribution is -2.67. The van der Waals surface area contributed by atoms with Gasteiger partial charge < -0.3 is 9.84 Å². The Balaban J connectivity index is 1.25. The second kappa shape index (κ2) is 9.93. The first-order chi connectivity index (χ1) is 19.3. The molecule has 6 rings (SSSR count). The van der Waals surface area contributed by atoms with E-state index in [9.17, 15) is 9.90 Å². The van der Waals surface area contributed by atoms with E-state index < -0.39 is 0 Å². The van der Waals surface area contributed by atoms with E-state index in [-0.39, 0.29) is 52.3 Å². The second-order valence-corrected chi connectivity index (χ2v) is 16.6. The summed E-state index contributed by atoms with van der Waals surface area (Å²) in [5, 5.41) is 12.9. The monoisotopic (exact) mass is 561 g/mol. The highest BCUT2D eigenvalue weighted by Crippen LogP contribution is 2.77. The Kier molecular flexibility index (Phi) is 7.12. The van der Waals surface area contributed by atoms with Gasteiger partial charge in [-0.1, -0.05) is 52.8 Å². The van der Waals surface area contributed by atoms with Gasteiger partial charge in [-0.05, 0) is 122 Å². The van der Waals surface area contributed by atoms with E-state index in [1.807, 2.05) is 35.2 Å². The van der Waals surface area contributed by atoms with Crippen LogP contribution in [0.4, 0.5) is 0 Å². The van der Waals surface area contributed by atoms with Crippen molar-refractivity contribution < 1.29 is 19.2 Å². The summed E-state index contributed by atoms with van der Waals surface area (Å²) in [4.78, 5) is 13.0. The average molecular weight is 562 g/mol. The number of rotatable bonds is 5. The first kappa shape index (κ1) is 29.4. The molecule has 0 aliphatic heterocycles. The Morgan fingerprint density at radius 2 is 1.61 bits per heavy atom. The summed E-state index contributed by atoms with van der Waals surface area (Å²) >= 11 is 0. The van der Waals surface area contributed by atoms with E-state index >= 15 is 0 Å². The van der Waals surface area contributed by atoms with Crippen molar-refractivity contribution in [1.82, 2.24) is 0 Å². The SMILES string of the molecule is C=C(C)C1CC[C@]2(C[O-])CC[C@]3(C)C(CCC4[C@@]5(C)CC[C@H](OC(=O)C[n+]6ccccc6)C(C)(C)C5CC[C@]43C)C12. The van der Waals surface area contributed by atoms with Gasteiger partial charge in [-0.3, -0.25) is 0 Å². The summed E-state index contributed by atoms with van der Waals surface area (Å²) in [6, 6.07) is 5.88. The maximum Gasteiger partial charge on any atom is 0.372 e. The van der Waals surface area contributed by atoms with E-state index in [0.29, 0.717) is 29.6 Å². The summed E-state index contributed by atoms with van der Waals surface area (Å²) in [6.45, 7) is 19.7. The molecule has 226 valence electrons. The third-order valence-corrected chi connectivity index (χ3v) is 14.8. The van der Waals surface area contributed by atoms with Gasteiger partial charge in [-0.25, -0.2) is 4.79 Å². The molecule has 4 nitrogen and oxygen atoms in total. The molecule has 0 amide bonds. The van der Waals surface area contributed by atoms with Crippen LogP contribution in [0.5, 0.6) is 0 Å². The number of hydrogen-bond donors (Lipinski definition) is 0. The molecule has 0 N–H and O–H groups in total. The van der Waals surface area contributed by atoms with Crippen molar-refractivity contribution in [3.8, 4) is 0 Å². The van der Waals surface area contributed by atoms with Crippen molar-refractivity contribution in [2.75, 3.05) is 6.61 Å². The van der Waals surface area contributed by atoms with Crippen LogP contribution in [0.3, 0.4) is 0 Å². The maximum atomic E-state index is 13.0. The maximum absolute atomic E-state index is 13.0. The summed E-state index contributed by atoms with van der Waals surface area (Å²) in [6.07, 6.45) is 15.6. The third kappa shape index (κ3) is 4.15. The zero-order valence-corrected chi connectivity index (χ0v) is 26.7. The standard InChI is InChI=1S/C37H55NO3/c1-25(2)26-13-18-37(24-39)20-19-35(6)27(32(26)37)11-12-29-34(5)16-15-30(33(3,4)28(34)14-17-36(29,35)7)41-31(40)23-38-21-9-8-10-22-38/h8-10,21-22,26-30,32H,1,11-20,23-24H2,2-7H3/t26?,27?,28?,29?,30-,32?,34-,35+,36+,37+/m0/s1. The number of nitrogens with zero attached hydrogens (tertiary/aromatic N) is 1. The number of hydrogen-bond acceptors (Lipinski definition) is 3. The zero-order valence-electron chi connectivity index (χ0n) is 26.7. The number of esters is 1. The Morgan fingerprint density at radius 3 is 2.29 bits per heavy atom. The van der Waals surface area contributed by atoms with E-state index in [0.717, 1.165) is 25.7 Å². The van der Waals surface area contributed by atoms with Gasteiger partial charge in [0.05, 0.1) is 0 Å². The highest BCUT2D eigenvalue weighted by molar-refractivity contribution is 5.68. The Bertz CT molecular complexity index is 1180. The average Bonchev–Trinajstić information content (AvgIpc) is 3.32. The predicted molar refractivity (Wildman–Crippen MR) is 160 cm³/mol. The lowest BCUT2D eigenvalue weighted by atomic mass is 9.32. The molecule has 41 heavy (non-hydrogen) atoms. The lowest BCUT2D eigenvalue weighted by molar-refractivity contribution is -0.686. The number of carbonyl (C=O) groups excluding carboxylic acids is 1. The number of carbonyl (C=O) groups is 1. The van der Waals surface area contributed by atoms with Crippen molar-refractivity contribution >= 4 is 5.97 Å². The molecular formula is C37H55NO3. The third-order valence-electron chi connectivity index (χ3n) is 14.8. The molecule has 0 bridgehead atoms. The molecule has 5 fully saturated rings. The molecule has 0 saturated heterocycles. The fraction of sp³-hybridized carbons (Fsp3) is 0.784. The lowest BCUT2D eigenvalue weighted by Gasteiger charge is -2.73. The predicted octanol–water partition coefficient (Wildman–Crippen LogP) is 6.90. The molecule has 5 aliphatic rings. The van der Waals surface area contributed by atoms with Gasteiger partial charge in [-0.2, -0.15) is 4.57 Å². The highest BCUT2D eigenvalue weighted by atomic mass is 16.5. The van der Waals surface area contributed by atoms with Crippen LogP contribution in [0.15, 0.2) is 42.7 Å². The highest BCUT2D eigenvalue weighted by Gasteiger charge is 2.70. The van der Waals surface area contributed by atoms with Gasteiger partial charge in [0.15, 0.2) is 12.4 Å². The van der Waals surface area contributed by atoms with E-state index in [1.165, 1.54) is 44.1 Å². The van der Waals surface area contributed by atoms with Gasteiger partial charge >= 0.3 is 5.97 Å². The largest absolute Gasteiger partial charge is 0.854 e. The first-order valence-corrected chi connectivity index (χ1v) is 16.7. The Labute approximate surface area is 249 Å². The van der Waals surface area contributed by atoms with Gasteiger partial charge in [0.2, 0.25) is 6.54 Å². The van der Waals surface area contributed by atoms with Crippen LogP contribution < -0.4 is 9.67 Å². The van der Waals surface area contributed by atoms with E-state index in [1.54, 1.807) is 0 Å². The van der Waals surface area contributed by atoms with Crippen LogP contribution >= 0.6 is 0 Å². The van der Waals surface area contributed by atoms with Gasteiger partial charge in [-0.15, -0.1) is 6.61 Å². The summed E-state index contributed by atoms with van der Waals surface area (Å²) in [5.74, 6) is 2.78. The van der Waals surface area contributed by atoms with Crippen LogP contribution in [-0.4, -0.2) is 18.7 Å². The van der Waals surface area contributed by atoms with Crippen molar-refractivity contribution in [1.29, 1.82) is 0 Å². The Morgan fingerprint density at radius 1 is 0.878 bits per heavy atom. The van der Waals surface area contributed by atoms with E-state index in [4.69, 9.17) is 4.74 Å². The van der Waals surface area contributed by atoms with E-state index in [2.05, 4.69) is 48.1 Å². The topological polar surface area (TPSA) is 53.2 Å². The number of pyridine rings is 1. The molecule has 0 aromatic carbocycles. The quantitative estimate of drug-likeness (QED) is 0.223. The minimum absolute atomic E-state index is 0.0000563. The normalized spacial score (nSPS) is 46.4. The van der Waals surface area contributed by atoms with Crippen LogP contribution in [0, 0.1) is 56.7 Å². The molecule has 1 heterocycles. The molecule has 1 aromatic rings. The molecule has 1 aromatic heterocycles. The van der Waals surface area contributed by atoms with Gasteiger partial charge in [0.25, 0.3) is 0 Å². The van der Waals surface area contributed by atoms with Crippen LogP contribution in [0.25, 0.3) is 0 Å². The van der Waals surface area contributed by atoms with Crippen molar-refractivity contribution in [3.05, 3.63) is 42.7 Å². The Hall–Kier alpha value is -1.68.